The summed E-state index contributed by atoms with van der Waals surface area (Å²) >= 11 is 3.49. The second-order valence-corrected chi connectivity index (χ2v) is 20.2. The van der Waals surface area contributed by atoms with Gasteiger partial charge in [0.25, 0.3) is 0 Å². The number of amides is 1. The zero-order chi connectivity index (χ0) is 41.3. The van der Waals surface area contributed by atoms with Crippen molar-refractivity contribution in [2.75, 3.05) is 6.61 Å². The predicted molar refractivity (Wildman–Crippen MR) is 217 cm³/mol. The smallest absolute Gasteiger partial charge is 0.303 e. The molecule has 7 rings (SSSR count). The Bertz CT molecular complexity index is 1950. The van der Waals surface area contributed by atoms with Gasteiger partial charge in [-0.25, -0.2) is 4.68 Å². The Balaban J connectivity index is 1.22. The van der Waals surface area contributed by atoms with Crippen LogP contribution in [0.4, 0.5) is 0 Å². The number of rotatable bonds is 8. The Kier molecular flexibility index (Phi) is 10.9. The van der Waals surface area contributed by atoms with E-state index in [2.05, 4.69) is 79.2 Å². The molecule has 12 atom stereocenters. The topological polar surface area (TPSA) is 139 Å². The molecule has 4 saturated carbocycles. The van der Waals surface area contributed by atoms with Crippen LogP contribution >= 0.6 is 15.9 Å². The zero-order valence-corrected chi connectivity index (χ0v) is 36.7. The van der Waals surface area contributed by atoms with Crippen LogP contribution in [0.1, 0.15) is 119 Å². The number of nitrogens with zero attached hydrogens (tertiary/aromatic N) is 3. The average Bonchev–Trinajstić information content (AvgIpc) is 3.62. The molecule has 1 amide bonds. The Morgan fingerprint density at radius 1 is 0.895 bits per heavy atom. The minimum atomic E-state index is -0.784. The molecule has 5 aliphatic rings. The van der Waals surface area contributed by atoms with E-state index in [0.717, 1.165) is 55.1 Å². The van der Waals surface area contributed by atoms with Crippen molar-refractivity contribution in [3.63, 3.8) is 0 Å². The molecule has 4 fully saturated rings. The first-order chi connectivity index (χ1) is 26.8. The number of fused-ring (bicyclic) bond motifs is 7. The highest BCUT2D eigenvalue weighted by Gasteiger charge is 2.72. The lowest BCUT2D eigenvalue weighted by Crippen LogP contribution is -2.69. The second kappa shape index (κ2) is 14.9. The summed E-state index contributed by atoms with van der Waals surface area (Å²) in [6.45, 7) is 18.6. The molecule has 1 N–H and O–H groups in total. The van der Waals surface area contributed by atoms with E-state index in [1.165, 1.54) is 26.3 Å². The van der Waals surface area contributed by atoms with Crippen LogP contribution in [-0.2, 0) is 39.9 Å². The summed E-state index contributed by atoms with van der Waals surface area (Å²) in [4.78, 5) is 52.3. The van der Waals surface area contributed by atoms with E-state index < -0.39 is 40.9 Å². The lowest BCUT2D eigenvalue weighted by atomic mass is 9.33. The Labute approximate surface area is 345 Å². The molecule has 0 spiro atoms. The number of esters is 3. The molecule has 1 heterocycles. The lowest BCUT2D eigenvalue weighted by molar-refractivity contribution is -0.255. The van der Waals surface area contributed by atoms with Crippen molar-refractivity contribution in [1.29, 1.82) is 0 Å². The Morgan fingerprint density at radius 3 is 2.26 bits per heavy atom. The van der Waals surface area contributed by atoms with Crippen molar-refractivity contribution in [1.82, 2.24) is 20.3 Å². The summed E-state index contributed by atoms with van der Waals surface area (Å²) in [6, 6.07) is 7.87. The van der Waals surface area contributed by atoms with Gasteiger partial charge >= 0.3 is 17.9 Å². The quantitative estimate of drug-likeness (QED) is 0.158. The number of hydrogen-bond acceptors (Lipinski definition) is 9. The molecule has 1 aromatic carbocycles. The van der Waals surface area contributed by atoms with Gasteiger partial charge in [0, 0.05) is 30.7 Å². The first kappa shape index (κ1) is 41.6. The molecule has 0 bridgehead atoms. The molecule has 57 heavy (non-hydrogen) atoms. The van der Waals surface area contributed by atoms with Crippen LogP contribution in [0.2, 0.25) is 0 Å². The Morgan fingerprint density at radius 2 is 1.60 bits per heavy atom. The van der Waals surface area contributed by atoms with Crippen LogP contribution in [0.5, 0.6) is 0 Å². The third-order valence-electron chi connectivity index (χ3n) is 16.4. The molecular weight excluding hydrogens is 788 g/mol. The van der Waals surface area contributed by atoms with Gasteiger partial charge in [0.05, 0.1) is 23.8 Å². The molecule has 0 unspecified atom stereocenters. The van der Waals surface area contributed by atoms with Crippen LogP contribution in [0, 0.1) is 56.7 Å². The van der Waals surface area contributed by atoms with Crippen molar-refractivity contribution in [3.8, 4) is 5.69 Å². The average molecular weight is 850 g/mol. The number of carbonyl (C=O) groups is 4. The molecule has 0 aliphatic heterocycles. The highest BCUT2D eigenvalue weighted by Crippen LogP contribution is 2.76. The number of ether oxygens (including phenoxy) is 3. The van der Waals surface area contributed by atoms with E-state index in [1.807, 2.05) is 30.5 Å². The first-order valence-electron chi connectivity index (χ1n) is 20.9. The van der Waals surface area contributed by atoms with E-state index in [0.29, 0.717) is 30.5 Å². The fraction of sp³-hybridized carbons (Fsp3) is 0.689. The maximum absolute atomic E-state index is 14.8. The van der Waals surface area contributed by atoms with E-state index in [1.54, 1.807) is 4.68 Å². The standard InChI is InChI=1S/C45H61BrN4O7/c1-26-16-19-45(40(54)47-23-32-24-50(49-48-32)33-12-10-31(46)11-13-33)21-20-43(8)34(38(45)27(26)2)14-15-37-41(6)22-35(56-29(4)52)39(57-30(5)53)42(7,25-55-28(3)51)36(41)17-18-44(37,43)9/h10-14,24,26-27,35-39H,15-23,25H2,1-9H3,(H,47,54)/t26-,27+,35-,36-,37-,38+,39+,41+,42+,43-,44-,45+/m1/s1. The number of carbonyl (C=O) groups excluding carboxylic acids is 4. The maximum atomic E-state index is 14.8. The van der Waals surface area contributed by atoms with Gasteiger partial charge < -0.3 is 19.5 Å². The predicted octanol–water partition coefficient (Wildman–Crippen LogP) is 8.32. The number of allylic oxidation sites excluding steroid dienone is 2. The van der Waals surface area contributed by atoms with E-state index in [9.17, 15) is 19.2 Å². The molecule has 1 aromatic heterocycles. The van der Waals surface area contributed by atoms with Crippen molar-refractivity contribution in [2.24, 2.45) is 56.7 Å². The van der Waals surface area contributed by atoms with Crippen LogP contribution in [0.25, 0.3) is 5.69 Å². The van der Waals surface area contributed by atoms with Gasteiger partial charge in [-0.15, -0.1) is 5.10 Å². The van der Waals surface area contributed by atoms with Crippen LogP contribution in [0.15, 0.2) is 46.6 Å². The van der Waals surface area contributed by atoms with Gasteiger partial charge in [-0.05, 0) is 121 Å². The number of nitrogens with one attached hydrogen (secondary N) is 1. The van der Waals surface area contributed by atoms with Gasteiger partial charge in [0.2, 0.25) is 5.91 Å². The fourth-order valence-electron chi connectivity index (χ4n) is 13.4. The summed E-state index contributed by atoms with van der Waals surface area (Å²) in [5.74, 6) is -0.0311. The van der Waals surface area contributed by atoms with Gasteiger partial charge in [0.15, 0.2) is 0 Å². The molecule has 11 nitrogen and oxygen atoms in total. The number of aromatic nitrogens is 3. The van der Waals surface area contributed by atoms with Gasteiger partial charge in [0.1, 0.15) is 24.5 Å². The second-order valence-electron chi connectivity index (χ2n) is 19.3. The molecule has 5 aliphatic carbocycles. The number of hydrogen-bond donors (Lipinski definition) is 1. The van der Waals surface area contributed by atoms with Gasteiger partial charge in [-0.3, -0.25) is 19.2 Å². The number of halogens is 1. The van der Waals surface area contributed by atoms with Crippen molar-refractivity contribution in [3.05, 3.63) is 52.3 Å². The van der Waals surface area contributed by atoms with Crippen molar-refractivity contribution in [2.45, 2.75) is 132 Å². The molecule has 0 radical (unpaired) electrons. The third-order valence-corrected chi connectivity index (χ3v) is 16.9. The summed E-state index contributed by atoms with van der Waals surface area (Å²) < 4.78 is 20.6. The van der Waals surface area contributed by atoms with Gasteiger partial charge in [-0.2, -0.15) is 0 Å². The van der Waals surface area contributed by atoms with E-state index >= 15 is 0 Å². The monoisotopic (exact) mass is 848 g/mol. The number of benzene rings is 1. The summed E-state index contributed by atoms with van der Waals surface area (Å²) in [6.07, 6.45) is 9.66. The molecule has 2 aromatic rings. The largest absolute Gasteiger partial charge is 0.465 e. The summed E-state index contributed by atoms with van der Waals surface area (Å²) in [5.41, 5.74) is 1.11. The van der Waals surface area contributed by atoms with E-state index in [-0.39, 0.29) is 46.5 Å². The maximum Gasteiger partial charge on any atom is 0.303 e. The van der Waals surface area contributed by atoms with Crippen LogP contribution in [-0.4, -0.2) is 57.6 Å². The third kappa shape index (κ3) is 6.77. The summed E-state index contributed by atoms with van der Waals surface area (Å²) in [7, 11) is 0. The summed E-state index contributed by atoms with van der Waals surface area (Å²) in [5, 5.41) is 12.1. The van der Waals surface area contributed by atoms with Crippen LogP contribution in [0.3, 0.4) is 0 Å². The highest BCUT2D eigenvalue weighted by molar-refractivity contribution is 9.10. The minimum Gasteiger partial charge on any atom is -0.465 e. The molecule has 310 valence electrons. The van der Waals surface area contributed by atoms with Crippen molar-refractivity contribution < 1.29 is 33.4 Å². The zero-order valence-electron chi connectivity index (χ0n) is 35.2. The highest BCUT2D eigenvalue weighted by atomic mass is 79.9. The van der Waals surface area contributed by atoms with Crippen LogP contribution < -0.4 is 5.32 Å². The van der Waals surface area contributed by atoms with Crippen molar-refractivity contribution >= 4 is 39.7 Å². The molecule has 12 heteroatoms. The first-order valence-corrected chi connectivity index (χ1v) is 21.7. The molecular formula is C45H61BrN4O7. The minimum absolute atomic E-state index is 0.0287. The normalized spacial score (nSPS) is 39.5. The van der Waals surface area contributed by atoms with E-state index in [4.69, 9.17) is 14.2 Å². The molecule has 0 saturated heterocycles. The fourth-order valence-corrected chi connectivity index (χ4v) is 13.6. The van der Waals surface area contributed by atoms with Gasteiger partial charge in [-0.1, -0.05) is 74.3 Å². The SMILES string of the molecule is CC(=O)OC[C@@]1(C)[C@@H]2CC[C@]3(C)[C@H](CC=C4[C@@H]5[C@@H](C)[C@H](C)CC[C@]5(C(=O)NCc5cn(-c6ccc(Br)cc6)nn5)CC[C@]43C)[C@@]2(C)C[C@@H](OC(C)=O)[C@@H]1OC(C)=O. The lowest BCUT2D eigenvalue weighted by Gasteiger charge is -2.72. The Hall–Kier alpha value is -3.54.